The van der Waals surface area contributed by atoms with Gasteiger partial charge in [0.05, 0.1) is 21.5 Å². The number of nitrogens with zero attached hydrogens (tertiary/aromatic N) is 5. The van der Waals surface area contributed by atoms with Crippen molar-refractivity contribution >= 4 is 44.7 Å². The molecular weight excluding hydrogens is 400 g/mol. The lowest BCUT2D eigenvalue weighted by Gasteiger charge is -2.09. The Morgan fingerprint density at radius 2 is 2.14 bits per heavy atom. The van der Waals surface area contributed by atoms with Crippen molar-refractivity contribution in [2.24, 2.45) is 0 Å². The molecule has 0 spiro atoms. The standard InChI is InChI=1S/C18H13ClN6O2S/c1-10-15(19)14-17(22-8-11-3-2-4-12(7-11)25(26)27)23-16(24-18(14)28-10)13-9-20-5-6-21-13/h2-7,9H,8H2,1H3,(H,22,23,24). The summed E-state index contributed by atoms with van der Waals surface area (Å²) in [5.41, 5.74) is 1.34. The van der Waals surface area contributed by atoms with E-state index in [-0.39, 0.29) is 5.69 Å². The molecule has 1 N–H and O–H groups in total. The maximum atomic E-state index is 11.0. The second-order valence-electron chi connectivity index (χ2n) is 5.92. The molecule has 0 saturated carbocycles. The van der Waals surface area contributed by atoms with Gasteiger partial charge in [0.15, 0.2) is 5.82 Å². The van der Waals surface area contributed by atoms with Crippen LogP contribution in [0.3, 0.4) is 0 Å². The van der Waals surface area contributed by atoms with Gasteiger partial charge >= 0.3 is 0 Å². The van der Waals surface area contributed by atoms with Gasteiger partial charge in [0.2, 0.25) is 0 Å². The highest BCUT2D eigenvalue weighted by Gasteiger charge is 2.17. The molecule has 4 rings (SSSR count). The summed E-state index contributed by atoms with van der Waals surface area (Å²) in [6, 6.07) is 6.44. The highest BCUT2D eigenvalue weighted by Crippen LogP contribution is 2.38. The maximum Gasteiger partial charge on any atom is 0.269 e. The molecule has 3 aromatic heterocycles. The number of benzene rings is 1. The topological polar surface area (TPSA) is 107 Å². The normalized spacial score (nSPS) is 10.9. The molecule has 28 heavy (non-hydrogen) atoms. The van der Waals surface area contributed by atoms with Crippen molar-refractivity contribution in [1.82, 2.24) is 19.9 Å². The van der Waals surface area contributed by atoms with Crippen molar-refractivity contribution in [2.75, 3.05) is 5.32 Å². The second-order valence-corrected chi connectivity index (χ2v) is 7.50. The first-order valence-corrected chi connectivity index (χ1v) is 9.42. The van der Waals surface area contributed by atoms with Gasteiger partial charge in [0.25, 0.3) is 5.69 Å². The zero-order chi connectivity index (χ0) is 19.7. The predicted molar refractivity (Wildman–Crippen MR) is 109 cm³/mol. The zero-order valence-electron chi connectivity index (χ0n) is 14.6. The summed E-state index contributed by atoms with van der Waals surface area (Å²) in [5, 5.41) is 15.5. The van der Waals surface area contributed by atoms with Crippen molar-refractivity contribution in [3.8, 4) is 11.5 Å². The number of fused-ring (bicyclic) bond motifs is 1. The largest absolute Gasteiger partial charge is 0.365 e. The number of anilines is 1. The minimum Gasteiger partial charge on any atom is -0.365 e. The van der Waals surface area contributed by atoms with Crippen molar-refractivity contribution < 1.29 is 4.92 Å². The van der Waals surface area contributed by atoms with Crippen LogP contribution in [0.15, 0.2) is 42.9 Å². The monoisotopic (exact) mass is 412 g/mol. The lowest BCUT2D eigenvalue weighted by Crippen LogP contribution is -2.04. The summed E-state index contributed by atoms with van der Waals surface area (Å²) in [5.74, 6) is 0.978. The number of nitro benzene ring substituents is 1. The van der Waals surface area contributed by atoms with Crippen LogP contribution in [-0.2, 0) is 6.54 Å². The number of aryl methyl sites for hydroxylation is 1. The fourth-order valence-corrected chi connectivity index (χ4v) is 3.97. The lowest BCUT2D eigenvalue weighted by molar-refractivity contribution is -0.384. The first-order chi connectivity index (χ1) is 13.5. The molecule has 1 aromatic carbocycles. The highest BCUT2D eigenvalue weighted by molar-refractivity contribution is 7.19. The summed E-state index contributed by atoms with van der Waals surface area (Å²) in [4.78, 5) is 29.7. The Morgan fingerprint density at radius 1 is 1.29 bits per heavy atom. The van der Waals surface area contributed by atoms with E-state index in [1.807, 2.05) is 13.0 Å². The third-order valence-corrected chi connectivity index (χ3v) is 5.61. The van der Waals surface area contributed by atoms with Crippen LogP contribution in [0.2, 0.25) is 5.02 Å². The van der Waals surface area contributed by atoms with Crippen LogP contribution in [-0.4, -0.2) is 24.9 Å². The summed E-state index contributed by atoms with van der Waals surface area (Å²) < 4.78 is 0. The van der Waals surface area contributed by atoms with E-state index in [2.05, 4.69) is 25.3 Å². The molecule has 3 heterocycles. The fraction of sp³-hybridized carbons (Fsp3) is 0.111. The van der Waals surface area contributed by atoms with Crippen LogP contribution in [0.4, 0.5) is 11.5 Å². The number of hydrogen-bond acceptors (Lipinski definition) is 8. The molecule has 8 nitrogen and oxygen atoms in total. The van der Waals surface area contributed by atoms with E-state index in [1.54, 1.807) is 24.7 Å². The number of hydrogen-bond donors (Lipinski definition) is 1. The summed E-state index contributed by atoms with van der Waals surface area (Å²) in [6.07, 6.45) is 4.75. The van der Waals surface area contributed by atoms with E-state index in [4.69, 9.17) is 11.6 Å². The van der Waals surface area contributed by atoms with Crippen LogP contribution in [0.1, 0.15) is 10.4 Å². The molecule has 0 fully saturated rings. The van der Waals surface area contributed by atoms with Crippen LogP contribution in [0.25, 0.3) is 21.7 Å². The molecule has 0 aliphatic carbocycles. The van der Waals surface area contributed by atoms with Crippen molar-refractivity contribution in [3.63, 3.8) is 0 Å². The Bertz CT molecular complexity index is 1180. The fourth-order valence-electron chi connectivity index (χ4n) is 2.70. The van der Waals surface area contributed by atoms with Crippen LogP contribution in [0.5, 0.6) is 0 Å². The molecule has 0 bridgehead atoms. The minimum atomic E-state index is -0.419. The van der Waals surface area contributed by atoms with Gasteiger partial charge in [0, 0.05) is 35.9 Å². The molecule has 0 atom stereocenters. The van der Waals surface area contributed by atoms with Crippen molar-refractivity contribution in [3.05, 3.63) is 68.4 Å². The molecule has 140 valence electrons. The lowest BCUT2D eigenvalue weighted by atomic mass is 10.2. The van der Waals surface area contributed by atoms with E-state index < -0.39 is 4.92 Å². The van der Waals surface area contributed by atoms with E-state index in [0.717, 1.165) is 20.7 Å². The Kier molecular flexibility index (Phi) is 4.84. The van der Waals surface area contributed by atoms with E-state index >= 15 is 0 Å². The average molecular weight is 413 g/mol. The van der Waals surface area contributed by atoms with Crippen LogP contribution >= 0.6 is 22.9 Å². The van der Waals surface area contributed by atoms with Gasteiger partial charge in [-0.2, -0.15) is 0 Å². The number of rotatable bonds is 5. The average Bonchev–Trinajstić information content (AvgIpc) is 3.01. The predicted octanol–water partition coefficient (Wildman–Crippen LogP) is 4.63. The molecule has 0 aliphatic rings. The summed E-state index contributed by atoms with van der Waals surface area (Å²) >= 11 is 7.94. The Labute approximate surface area is 168 Å². The summed E-state index contributed by atoms with van der Waals surface area (Å²) in [7, 11) is 0. The van der Waals surface area contributed by atoms with Crippen LogP contribution in [0, 0.1) is 17.0 Å². The highest BCUT2D eigenvalue weighted by atomic mass is 35.5. The van der Waals surface area contributed by atoms with Gasteiger partial charge < -0.3 is 5.32 Å². The Balaban J connectivity index is 1.74. The van der Waals surface area contributed by atoms with Gasteiger partial charge in [-0.15, -0.1) is 11.3 Å². The minimum absolute atomic E-state index is 0.0387. The quantitative estimate of drug-likeness (QED) is 0.376. The molecule has 10 heteroatoms. The van der Waals surface area contributed by atoms with E-state index in [1.165, 1.54) is 23.5 Å². The van der Waals surface area contributed by atoms with Crippen molar-refractivity contribution in [2.45, 2.75) is 13.5 Å². The van der Waals surface area contributed by atoms with Gasteiger partial charge in [-0.05, 0) is 12.5 Å². The number of non-ortho nitro benzene ring substituents is 1. The maximum absolute atomic E-state index is 11.0. The van der Waals surface area contributed by atoms with Crippen molar-refractivity contribution in [1.29, 1.82) is 0 Å². The number of halogens is 1. The smallest absolute Gasteiger partial charge is 0.269 e. The molecule has 0 aliphatic heterocycles. The van der Waals surface area contributed by atoms with Gasteiger partial charge in [-0.3, -0.25) is 15.1 Å². The first kappa shape index (κ1) is 18.2. The zero-order valence-corrected chi connectivity index (χ0v) is 16.2. The van der Waals surface area contributed by atoms with Gasteiger partial charge in [-0.1, -0.05) is 23.7 Å². The van der Waals surface area contributed by atoms with Gasteiger partial charge in [0.1, 0.15) is 16.3 Å². The second kappa shape index (κ2) is 7.45. The summed E-state index contributed by atoms with van der Waals surface area (Å²) in [6.45, 7) is 2.26. The number of thiophene rings is 1. The van der Waals surface area contributed by atoms with E-state index in [9.17, 15) is 10.1 Å². The third kappa shape index (κ3) is 3.49. The number of nitro groups is 1. The molecule has 0 amide bonds. The molecule has 0 radical (unpaired) electrons. The number of aromatic nitrogens is 4. The Morgan fingerprint density at radius 3 is 2.89 bits per heavy atom. The first-order valence-electron chi connectivity index (χ1n) is 8.23. The molecule has 4 aromatic rings. The molecular formula is C18H13ClN6O2S. The SMILES string of the molecule is Cc1sc2nc(-c3cnccn3)nc(NCc3cccc([N+](=O)[O-])c3)c2c1Cl. The molecule has 0 saturated heterocycles. The number of nitrogens with one attached hydrogen (secondary N) is 1. The van der Waals surface area contributed by atoms with E-state index in [0.29, 0.717) is 28.9 Å². The third-order valence-electron chi connectivity index (χ3n) is 4.03. The molecule has 0 unspecified atom stereocenters. The van der Waals surface area contributed by atoms with Crippen LogP contribution < -0.4 is 5.32 Å². The van der Waals surface area contributed by atoms with Gasteiger partial charge in [-0.25, -0.2) is 15.0 Å². The Hall–Kier alpha value is -3.17.